The van der Waals surface area contributed by atoms with Crippen molar-refractivity contribution in [3.63, 3.8) is 0 Å². The molecule has 0 bridgehead atoms. The summed E-state index contributed by atoms with van der Waals surface area (Å²) < 4.78 is 5.74. The molecule has 0 aromatic heterocycles. The van der Waals surface area contributed by atoms with Gasteiger partial charge in [-0.15, -0.1) is 0 Å². The summed E-state index contributed by atoms with van der Waals surface area (Å²) in [5.41, 5.74) is 1.75. The zero-order valence-electron chi connectivity index (χ0n) is 12.6. The standard InChI is InChI=1S/C18H14N2O3S/c21-16-15(17(22)20-18(24)19-16)10-13-7-4-8-14(9-13)23-11-12-5-2-1-3-6-12/h1-10H,11H2,(H2,19,20,21,22,24). The van der Waals surface area contributed by atoms with Gasteiger partial charge in [-0.25, -0.2) is 0 Å². The first-order valence-corrected chi connectivity index (χ1v) is 7.68. The van der Waals surface area contributed by atoms with Crippen LogP contribution in [-0.2, 0) is 16.2 Å². The van der Waals surface area contributed by atoms with Crippen LogP contribution in [0.3, 0.4) is 0 Å². The first-order chi connectivity index (χ1) is 11.6. The number of rotatable bonds is 4. The van der Waals surface area contributed by atoms with Crippen LogP contribution >= 0.6 is 12.2 Å². The van der Waals surface area contributed by atoms with Gasteiger partial charge in [-0.05, 0) is 41.6 Å². The van der Waals surface area contributed by atoms with Crippen LogP contribution in [0.25, 0.3) is 6.08 Å². The number of nitrogens with one attached hydrogen (secondary N) is 2. The second-order valence-corrected chi connectivity index (χ2v) is 5.55. The van der Waals surface area contributed by atoms with Gasteiger partial charge in [0.25, 0.3) is 11.8 Å². The van der Waals surface area contributed by atoms with Crippen LogP contribution in [0.1, 0.15) is 11.1 Å². The average Bonchev–Trinajstić information content (AvgIpc) is 2.58. The number of carbonyl (C=O) groups excluding carboxylic acids is 2. The predicted octanol–water partition coefficient (Wildman–Crippen LogP) is 2.18. The number of hydrogen-bond acceptors (Lipinski definition) is 4. The number of carbonyl (C=O) groups is 2. The van der Waals surface area contributed by atoms with E-state index in [1.54, 1.807) is 18.2 Å². The Kier molecular flexibility index (Phi) is 4.67. The fourth-order valence-corrected chi connectivity index (χ4v) is 2.39. The third kappa shape index (κ3) is 3.85. The van der Waals surface area contributed by atoms with E-state index in [-0.39, 0.29) is 10.7 Å². The largest absolute Gasteiger partial charge is 0.489 e. The Bertz CT molecular complexity index is 809. The molecule has 1 aliphatic rings. The van der Waals surface area contributed by atoms with Crippen LogP contribution < -0.4 is 15.4 Å². The lowest BCUT2D eigenvalue weighted by molar-refractivity contribution is -0.123. The van der Waals surface area contributed by atoms with Crippen molar-refractivity contribution >= 4 is 35.2 Å². The normalized spacial score (nSPS) is 14.0. The van der Waals surface area contributed by atoms with E-state index in [4.69, 9.17) is 17.0 Å². The number of benzene rings is 2. The third-order valence-corrected chi connectivity index (χ3v) is 3.56. The summed E-state index contributed by atoms with van der Waals surface area (Å²) >= 11 is 4.77. The second-order valence-electron chi connectivity index (χ2n) is 5.14. The van der Waals surface area contributed by atoms with Crippen LogP contribution in [0, 0.1) is 0 Å². The van der Waals surface area contributed by atoms with Gasteiger partial charge in [-0.1, -0.05) is 42.5 Å². The van der Waals surface area contributed by atoms with Crippen molar-refractivity contribution in [3.8, 4) is 5.75 Å². The molecule has 0 unspecified atom stereocenters. The number of thiocarbonyl (C=S) groups is 1. The van der Waals surface area contributed by atoms with Crippen LogP contribution in [0.4, 0.5) is 0 Å². The molecule has 2 amide bonds. The van der Waals surface area contributed by atoms with Crippen molar-refractivity contribution in [1.29, 1.82) is 0 Å². The molecule has 2 aromatic carbocycles. The molecule has 2 aromatic rings. The molecule has 6 heteroatoms. The highest BCUT2D eigenvalue weighted by Gasteiger charge is 2.25. The van der Waals surface area contributed by atoms with Crippen LogP contribution in [-0.4, -0.2) is 16.9 Å². The van der Waals surface area contributed by atoms with Gasteiger partial charge in [0.15, 0.2) is 5.11 Å². The number of hydrogen-bond donors (Lipinski definition) is 2. The Balaban J connectivity index is 1.75. The van der Waals surface area contributed by atoms with Gasteiger partial charge in [-0.2, -0.15) is 0 Å². The topological polar surface area (TPSA) is 67.4 Å². The molecule has 1 saturated heterocycles. The molecule has 5 nitrogen and oxygen atoms in total. The second kappa shape index (κ2) is 7.06. The maximum Gasteiger partial charge on any atom is 0.263 e. The van der Waals surface area contributed by atoms with Crippen LogP contribution in [0.5, 0.6) is 5.75 Å². The fourth-order valence-electron chi connectivity index (χ4n) is 2.21. The monoisotopic (exact) mass is 338 g/mol. The van der Waals surface area contributed by atoms with Gasteiger partial charge in [0.05, 0.1) is 0 Å². The van der Waals surface area contributed by atoms with Crippen molar-refractivity contribution in [3.05, 3.63) is 71.3 Å². The molecule has 120 valence electrons. The molecule has 3 rings (SSSR count). The summed E-state index contributed by atoms with van der Waals surface area (Å²) in [6.07, 6.45) is 1.50. The summed E-state index contributed by atoms with van der Waals surface area (Å²) in [5.74, 6) is -0.376. The predicted molar refractivity (Wildman–Crippen MR) is 94.1 cm³/mol. The Labute approximate surface area is 144 Å². The molecule has 1 fully saturated rings. The lowest BCUT2D eigenvalue weighted by atomic mass is 10.1. The Hall–Kier alpha value is -2.99. The van der Waals surface area contributed by atoms with Gasteiger partial charge in [0, 0.05) is 0 Å². The summed E-state index contributed by atoms with van der Waals surface area (Å²) in [5, 5.41) is 4.82. The van der Waals surface area contributed by atoms with Gasteiger partial charge >= 0.3 is 0 Å². The maximum atomic E-state index is 11.9. The first-order valence-electron chi connectivity index (χ1n) is 7.27. The minimum Gasteiger partial charge on any atom is -0.489 e. The molecule has 0 radical (unpaired) electrons. The zero-order chi connectivity index (χ0) is 16.9. The lowest BCUT2D eigenvalue weighted by Gasteiger charge is -2.16. The molecule has 0 atom stereocenters. The first kappa shape index (κ1) is 15.9. The third-order valence-electron chi connectivity index (χ3n) is 3.36. The molecule has 1 heterocycles. The minimum absolute atomic E-state index is 0.00353. The summed E-state index contributed by atoms with van der Waals surface area (Å²) in [4.78, 5) is 23.7. The smallest absolute Gasteiger partial charge is 0.263 e. The Morgan fingerprint density at radius 1 is 0.958 bits per heavy atom. The molecule has 0 aliphatic carbocycles. The van der Waals surface area contributed by atoms with Crippen molar-refractivity contribution < 1.29 is 14.3 Å². The summed E-state index contributed by atoms with van der Waals surface area (Å²) in [6.45, 7) is 0.441. The minimum atomic E-state index is -0.514. The molecule has 2 N–H and O–H groups in total. The van der Waals surface area contributed by atoms with E-state index in [1.807, 2.05) is 36.4 Å². The van der Waals surface area contributed by atoms with E-state index in [0.29, 0.717) is 17.9 Å². The fraction of sp³-hybridized carbons (Fsp3) is 0.0556. The molecule has 1 aliphatic heterocycles. The zero-order valence-corrected chi connectivity index (χ0v) is 13.4. The van der Waals surface area contributed by atoms with Crippen molar-refractivity contribution in [1.82, 2.24) is 10.6 Å². The van der Waals surface area contributed by atoms with Gasteiger partial charge < -0.3 is 4.74 Å². The molecule has 0 spiro atoms. The quantitative estimate of drug-likeness (QED) is 0.509. The van der Waals surface area contributed by atoms with Gasteiger partial charge in [0.1, 0.15) is 17.9 Å². The van der Waals surface area contributed by atoms with E-state index in [9.17, 15) is 9.59 Å². The van der Waals surface area contributed by atoms with E-state index >= 15 is 0 Å². The van der Waals surface area contributed by atoms with Crippen LogP contribution in [0.15, 0.2) is 60.2 Å². The molecular formula is C18H14N2O3S. The highest BCUT2D eigenvalue weighted by molar-refractivity contribution is 7.80. The molecule has 0 saturated carbocycles. The van der Waals surface area contributed by atoms with E-state index < -0.39 is 11.8 Å². The SMILES string of the molecule is O=C1NC(=S)NC(=O)C1=Cc1cccc(OCc2ccccc2)c1. The van der Waals surface area contributed by atoms with E-state index in [0.717, 1.165) is 5.56 Å². The number of ether oxygens (including phenoxy) is 1. The summed E-state index contributed by atoms with van der Waals surface area (Å²) in [7, 11) is 0. The molecular weight excluding hydrogens is 324 g/mol. The maximum absolute atomic E-state index is 11.9. The summed E-state index contributed by atoms with van der Waals surface area (Å²) in [6, 6.07) is 17.0. The van der Waals surface area contributed by atoms with Crippen molar-refractivity contribution in [2.75, 3.05) is 0 Å². The highest BCUT2D eigenvalue weighted by Crippen LogP contribution is 2.18. The Morgan fingerprint density at radius 2 is 1.67 bits per heavy atom. The van der Waals surface area contributed by atoms with Gasteiger partial charge in [0.2, 0.25) is 0 Å². The van der Waals surface area contributed by atoms with Crippen LogP contribution in [0.2, 0.25) is 0 Å². The average molecular weight is 338 g/mol. The Morgan fingerprint density at radius 3 is 2.38 bits per heavy atom. The number of amides is 2. The van der Waals surface area contributed by atoms with Crippen molar-refractivity contribution in [2.24, 2.45) is 0 Å². The highest BCUT2D eigenvalue weighted by atomic mass is 32.1. The lowest BCUT2D eigenvalue weighted by Crippen LogP contribution is -2.51. The molecule has 24 heavy (non-hydrogen) atoms. The van der Waals surface area contributed by atoms with Crippen molar-refractivity contribution in [2.45, 2.75) is 6.61 Å². The van der Waals surface area contributed by atoms with E-state index in [1.165, 1.54) is 6.08 Å². The van der Waals surface area contributed by atoms with Gasteiger partial charge in [-0.3, -0.25) is 20.2 Å². The van der Waals surface area contributed by atoms with E-state index in [2.05, 4.69) is 10.6 Å².